The van der Waals surface area contributed by atoms with Gasteiger partial charge in [0, 0.05) is 6.20 Å². The quantitative estimate of drug-likeness (QED) is 0.826. The molecule has 1 saturated carbocycles. The molecule has 0 amide bonds. The molecule has 88 valence electrons. The Bertz CT molecular complexity index is 469. The van der Waals surface area contributed by atoms with E-state index >= 15 is 0 Å². The van der Waals surface area contributed by atoms with Crippen molar-refractivity contribution in [1.29, 1.82) is 0 Å². The summed E-state index contributed by atoms with van der Waals surface area (Å²) in [5.74, 6) is 0.196. The highest BCUT2D eigenvalue weighted by Crippen LogP contribution is 2.29. The predicted octanol–water partition coefficient (Wildman–Crippen LogP) is 0.822. The van der Waals surface area contributed by atoms with Crippen LogP contribution in [0.3, 0.4) is 0 Å². The summed E-state index contributed by atoms with van der Waals surface area (Å²) in [6, 6.07) is 3.11. The van der Waals surface area contributed by atoms with E-state index in [1.54, 1.807) is 6.07 Å². The number of rotatable bonds is 5. The van der Waals surface area contributed by atoms with Gasteiger partial charge in [0.1, 0.15) is 0 Å². The zero-order chi connectivity index (χ0) is 11.6. The van der Waals surface area contributed by atoms with Gasteiger partial charge in [-0.05, 0) is 30.9 Å². The van der Waals surface area contributed by atoms with Gasteiger partial charge >= 0.3 is 0 Å². The average molecular weight is 242 g/mol. The lowest BCUT2D eigenvalue weighted by Crippen LogP contribution is -2.14. The largest absolute Gasteiger partial charge is 0.396 e. The van der Waals surface area contributed by atoms with Crippen molar-refractivity contribution in [3.8, 4) is 0 Å². The monoisotopic (exact) mass is 242 g/mol. The van der Waals surface area contributed by atoms with Crippen LogP contribution < -0.4 is 5.73 Å². The van der Waals surface area contributed by atoms with E-state index in [2.05, 4.69) is 4.98 Å². The lowest BCUT2D eigenvalue weighted by molar-refractivity contribution is 0.165. The zero-order valence-electron chi connectivity index (χ0n) is 8.80. The molecule has 6 heteroatoms. The summed E-state index contributed by atoms with van der Waals surface area (Å²) < 4.78 is 28.7. The third-order valence-electron chi connectivity index (χ3n) is 2.38. The first kappa shape index (κ1) is 11.3. The number of nitrogens with two attached hydrogens (primary N) is 1. The van der Waals surface area contributed by atoms with Gasteiger partial charge in [-0.3, -0.25) is 0 Å². The highest BCUT2D eigenvalue weighted by atomic mass is 32.2. The number of nitrogens with zero attached hydrogens (tertiary/aromatic N) is 1. The number of aromatic nitrogens is 1. The van der Waals surface area contributed by atoms with Crippen LogP contribution in [0.4, 0.5) is 5.69 Å². The fraction of sp³-hybridized carbons (Fsp3) is 0.500. The maximum absolute atomic E-state index is 11.8. The molecule has 1 aromatic rings. The maximum Gasteiger partial charge on any atom is 0.221 e. The smallest absolute Gasteiger partial charge is 0.221 e. The lowest BCUT2D eigenvalue weighted by atomic mass is 10.4. The summed E-state index contributed by atoms with van der Waals surface area (Å²) in [6.45, 7) is 0.506. The number of hydrogen-bond acceptors (Lipinski definition) is 5. The van der Waals surface area contributed by atoms with Crippen LogP contribution in [0.25, 0.3) is 0 Å². The first-order chi connectivity index (χ1) is 7.59. The molecule has 0 atom stereocenters. The normalized spacial score (nSPS) is 16.2. The number of hydrogen-bond donors (Lipinski definition) is 1. The Hall–Kier alpha value is -1.14. The third-order valence-corrected chi connectivity index (χ3v) is 3.79. The molecule has 2 N–H and O–H groups in total. The van der Waals surface area contributed by atoms with Crippen molar-refractivity contribution in [3.05, 3.63) is 18.3 Å². The second-order valence-electron chi connectivity index (χ2n) is 3.94. The average Bonchev–Trinajstić information content (AvgIpc) is 3.02. The number of nitrogen functional groups attached to an aromatic ring is 1. The SMILES string of the molecule is Nc1cccnc1S(=O)(=O)COCC1CC1. The molecule has 0 spiro atoms. The summed E-state index contributed by atoms with van der Waals surface area (Å²) in [6.07, 6.45) is 3.67. The van der Waals surface area contributed by atoms with Crippen molar-refractivity contribution in [2.24, 2.45) is 5.92 Å². The number of sulfone groups is 1. The third kappa shape index (κ3) is 2.70. The van der Waals surface area contributed by atoms with Crippen molar-refractivity contribution < 1.29 is 13.2 Å². The van der Waals surface area contributed by atoms with Crippen LogP contribution in [-0.4, -0.2) is 25.9 Å². The Morgan fingerprint density at radius 1 is 1.50 bits per heavy atom. The molecule has 0 saturated heterocycles. The molecular weight excluding hydrogens is 228 g/mol. The molecule has 0 unspecified atom stereocenters. The van der Waals surface area contributed by atoms with Gasteiger partial charge in [-0.25, -0.2) is 13.4 Å². The maximum atomic E-state index is 11.8. The van der Waals surface area contributed by atoms with Gasteiger partial charge in [-0.15, -0.1) is 0 Å². The predicted molar refractivity (Wildman–Crippen MR) is 59.4 cm³/mol. The summed E-state index contributed by atoms with van der Waals surface area (Å²) >= 11 is 0. The molecule has 0 radical (unpaired) electrons. The Balaban J connectivity index is 2.03. The van der Waals surface area contributed by atoms with Gasteiger partial charge in [0.15, 0.2) is 11.0 Å². The second-order valence-corrected chi connectivity index (χ2v) is 5.80. The van der Waals surface area contributed by atoms with E-state index in [1.165, 1.54) is 12.3 Å². The molecule has 0 bridgehead atoms. The minimum absolute atomic E-state index is 0.0919. The van der Waals surface area contributed by atoms with Crippen LogP contribution in [0.1, 0.15) is 12.8 Å². The molecule has 2 rings (SSSR count). The highest BCUT2D eigenvalue weighted by Gasteiger charge is 2.24. The van der Waals surface area contributed by atoms with Crippen molar-refractivity contribution in [1.82, 2.24) is 4.98 Å². The fourth-order valence-electron chi connectivity index (χ4n) is 1.33. The first-order valence-electron chi connectivity index (χ1n) is 5.10. The molecule has 0 aromatic carbocycles. The van der Waals surface area contributed by atoms with Crippen molar-refractivity contribution in [3.63, 3.8) is 0 Å². The lowest BCUT2D eigenvalue weighted by Gasteiger charge is -2.06. The van der Waals surface area contributed by atoms with E-state index in [4.69, 9.17) is 10.5 Å². The van der Waals surface area contributed by atoms with Crippen LogP contribution >= 0.6 is 0 Å². The fourth-order valence-corrected chi connectivity index (χ4v) is 2.40. The van der Waals surface area contributed by atoms with Gasteiger partial charge < -0.3 is 10.5 Å². The molecule has 1 aromatic heterocycles. The minimum atomic E-state index is -3.52. The number of ether oxygens (including phenoxy) is 1. The van der Waals surface area contributed by atoms with Crippen LogP contribution in [0.2, 0.25) is 0 Å². The van der Waals surface area contributed by atoms with Gasteiger partial charge in [0.2, 0.25) is 9.84 Å². The van der Waals surface area contributed by atoms with Crippen LogP contribution in [0, 0.1) is 5.92 Å². The van der Waals surface area contributed by atoms with Crippen LogP contribution in [0.15, 0.2) is 23.4 Å². The van der Waals surface area contributed by atoms with Crippen molar-refractivity contribution >= 4 is 15.5 Å². The van der Waals surface area contributed by atoms with E-state index in [1.807, 2.05) is 0 Å². The van der Waals surface area contributed by atoms with Crippen LogP contribution in [0.5, 0.6) is 0 Å². The molecule has 0 aliphatic heterocycles. The number of anilines is 1. The zero-order valence-corrected chi connectivity index (χ0v) is 9.61. The Kier molecular flexibility index (Phi) is 3.11. The van der Waals surface area contributed by atoms with E-state index in [0.717, 1.165) is 12.8 Å². The molecule has 1 aliphatic rings. The van der Waals surface area contributed by atoms with Gasteiger partial charge in [-0.2, -0.15) is 0 Å². The molecule has 1 fully saturated rings. The summed E-state index contributed by atoms with van der Waals surface area (Å²) in [5, 5.41) is -0.0919. The van der Waals surface area contributed by atoms with Crippen molar-refractivity contribution in [2.45, 2.75) is 17.9 Å². The van der Waals surface area contributed by atoms with E-state index in [-0.39, 0.29) is 16.7 Å². The van der Waals surface area contributed by atoms with Crippen molar-refractivity contribution in [2.75, 3.05) is 18.3 Å². The standard InChI is InChI=1S/C10H14N2O3S/c11-9-2-1-5-12-10(9)16(13,14)7-15-6-8-3-4-8/h1-2,5,8H,3-4,6-7,11H2. The van der Waals surface area contributed by atoms with E-state index < -0.39 is 9.84 Å². The Morgan fingerprint density at radius 2 is 2.25 bits per heavy atom. The molecule has 5 nitrogen and oxygen atoms in total. The van der Waals surface area contributed by atoms with Crippen LogP contribution in [-0.2, 0) is 14.6 Å². The first-order valence-corrected chi connectivity index (χ1v) is 6.76. The molecule has 1 heterocycles. The molecule has 1 aliphatic carbocycles. The highest BCUT2D eigenvalue weighted by molar-refractivity contribution is 7.91. The molecular formula is C10H14N2O3S. The van der Waals surface area contributed by atoms with Gasteiger partial charge in [0.25, 0.3) is 0 Å². The summed E-state index contributed by atoms with van der Waals surface area (Å²) in [5.41, 5.74) is 5.72. The van der Waals surface area contributed by atoms with E-state index in [9.17, 15) is 8.42 Å². The van der Waals surface area contributed by atoms with Gasteiger partial charge in [-0.1, -0.05) is 0 Å². The van der Waals surface area contributed by atoms with E-state index in [0.29, 0.717) is 12.5 Å². The topological polar surface area (TPSA) is 82.3 Å². The second kappa shape index (κ2) is 4.39. The Labute approximate surface area is 94.5 Å². The number of pyridine rings is 1. The Morgan fingerprint density at radius 3 is 2.88 bits per heavy atom. The van der Waals surface area contributed by atoms with Gasteiger partial charge in [0.05, 0.1) is 12.3 Å². The summed E-state index contributed by atoms with van der Waals surface area (Å²) in [7, 11) is -3.52. The minimum Gasteiger partial charge on any atom is -0.396 e. The summed E-state index contributed by atoms with van der Waals surface area (Å²) in [4.78, 5) is 3.77. The molecule has 16 heavy (non-hydrogen) atoms.